The third-order valence-electron chi connectivity index (χ3n) is 3.65. The van der Waals surface area contributed by atoms with E-state index in [1.807, 2.05) is 0 Å². The molecule has 3 nitrogen and oxygen atoms in total. The van der Waals surface area contributed by atoms with Crippen molar-refractivity contribution in [2.75, 3.05) is 26.4 Å². The zero-order valence-corrected chi connectivity index (χ0v) is 10.0. The molecular weight excluding hydrogens is 214 g/mol. The highest BCUT2D eigenvalue weighted by atomic mass is 16.5. The van der Waals surface area contributed by atoms with Crippen molar-refractivity contribution >= 4 is 0 Å². The monoisotopic (exact) mass is 233 g/mol. The van der Waals surface area contributed by atoms with Gasteiger partial charge in [0.05, 0.1) is 25.9 Å². The van der Waals surface area contributed by atoms with Crippen molar-refractivity contribution in [2.24, 2.45) is 5.92 Å². The van der Waals surface area contributed by atoms with E-state index in [0.717, 1.165) is 33.0 Å². The summed E-state index contributed by atoms with van der Waals surface area (Å²) in [5.74, 6) is 0.670. The Morgan fingerprint density at radius 1 is 1.18 bits per heavy atom. The SMILES string of the molecule is c1ccc2c(c1)COCC2NCC1CCOC1. The van der Waals surface area contributed by atoms with Gasteiger partial charge in [-0.05, 0) is 23.5 Å². The molecule has 1 saturated heterocycles. The first-order valence-electron chi connectivity index (χ1n) is 6.40. The van der Waals surface area contributed by atoms with Crippen LogP contribution in [0.1, 0.15) is 23.6 Å². The molecule has 1 aromatic rings. The van der Waals surface area contributed by atoms with Crippen LogP contribution < -0.4 is 5.32 Å². The van der Waals surface area contributed by atoms with Crippen LogP contribution in [-0.4, -0.2) is 26.4 Å². The Kier molecular flexibility index (Phi) is 3.41. The van der Waals surface area contributed by atoms with E-state index in [4.69, 9.17) is 9.47 Å². The summed E-state index contributed by atoms with van der Waals surface area (Å²) in [5.41, 5.74) is 2.72. The molecule has 0 bridgehead atoms. The normalized spacial score (nSPS) is 28.0. The number of nitrogens with one attached hydrogen (secondary N) is 1. The Morgan fingerprint density at radius 3 is 3.00 bits per heavy atom. The van der Waals surface area contributed by atoms with Gasteiger partial charge in [0.25, 0.3) is 0 Å². The molecule has 2 unspecified atom stereocenters. The molecule has 2 aliphatic rings. The molecule has 0 saturated carbocycles. The van der Waals surface area contributed by atoms with Crippen LogP contribution in [0.3, 0.4) is 0 Å². The van der Waals surface area contributed by atoms with Gasteiger partial charge in [-0.3, -0.25) is 0 Å². The molecule has 1 fully saturated rings. The third kappa shape index (κ3) is 2.51. The molecule has 0 aromatic heterocycles. The minimum absolute atomic E-state index is 0.348. The zero-order chi connectivity index (χ0) is 11.5. The Labute approximate surface area is 102 Å². The highest BCUT2D eigenvalue weighted by Crippen LogP contribution is 2.24. The van der Waals surface area contributed by atoms with Gasteiger partial charge in [-0.1, -0.05) is 24.3 Å². The van der Waals surface area contributed by atoms with E-state index >= 15 is 0 Å². The summed E-state index contributed by atoms with van der Waals surface area (Å²) >= 11 is 0. The average molecular weight is 233 g/mol. The molecular formula is C14H19NO2. The Bertz CT molecular complexity index is 374. The first kappa shape index (κ1) is 11.2. The summed E-state index contributed by atoms with van der Waals surface area (Å²) in [6.07, 6.45) is 1.18. The summed E-state index contributed by atoms with van der Waals surface area (Å²) in [6, 6.07) is 8.90. The lowest BCUT2D eigenvalue weighted by molar-refractivity contribution is 0.0804. The number of fused-ring (bicyclic) bond motifs is 1. The van der Waals surface area contributed by atoms with Crippen molar-refractivity contribution < 1.29 is 9.47 Å². The van der Waals surface area contributed by atoms with Gasteiger partial charge in [0.2, 0.25) is 0 Å². The molecule has 0 radical (unpaired) electrons. The van der Waals surface area contributed by atoms with Crippen LogP contribution >= 0.6 is 0 Å². The average Bonchev–Trinajstić information content (AvgIpc) is 2.89. The van der Waals surface area contributed by atoms with Gasteiger partial charge in [-0.15, -0.1) is 0 Å². The summed E-state index contributed by atoms with van der Waals surface area (Å²) < 4.78 is 11.0. The largest absolute Gasteiger partial charge is 0.381 e. The third-order valence-corrected chi connectivity index (χ3v) is 3.65. The van der Waals surface area contributed by atoms with Crippen LogP contribution in [0.4, 0.5) is 0 Å². The second-order valence-corrected chi connectivity index (χ2v) is 4.90. The number of hydrogen-bond donors (Lipinski definition) is 1. The second-order valence-electron chi connectivity index (χ2n) is 4.90. The maximum atomic E-state index is 5.63. The first-order chi connectivity index (χ1) is 8.43. The maximum absolute atomic E-state index is 5.63. The van der Waals surface area contributed by atoms with E-state index in [2.05, 4.69) is 29.6 Å². The number of ether oxygens (including phenoxy) is 2. The van der Waals surface area contributed by atoms with Crippen molar-refractivity contribution in [2.45, 2.75) is 19.1 Å². The second kappa shape index (κ2) is 5.17. The highest BCUT2D eigenvalue weighted by molar-refractivity contribution is 5.31. The van der Waals surface area contributed by atoms with E-state index in [0.29, 0.717) is 12.0 Å². The molecule has 3 heteroatoms. The topological polar surface area (TPSA) is 30.5 Å². The van der Waals surface area contributed by atoms with E-state index in [1.165, 1.54) is 17.5 Å². The first-order valence-corrected chi connectivity index (χ1v) is 6.40. The summed E-state index contributed by atoms with van der Waals surface area (Å²) in [7, 11) is 0. The fourth-order valence-corrected chi connectivity index (χ4v) is 2.60. The van der Waals surface area contributed by atoms with Crippen LogP contribution in [0.2, 0.25) is 0 Å². The van der Waals surface area contributed by atoms with Gasteiger partial charge >= 0.3 is 0 Å². The van der Waals surface area contributed by atoms with E-state index in [-0.39, 0.29) is 0 Å². The van der Waals surface area contributed by atoms with Crippen LogP contribution in [0.25, 0.3) is 0 Å². The number of rotatable bonds is 3. The van der Waals surface area contributed by atoms with Crippen LogP contribution in [-0.2, 0) is 16.1 Å². The molecule has 0 amide bonds. The van der Waals surface area contributed by atoms with Crippen LogP contribution in [0.15, 0.2) is 24.3 Å². The molecule has 1 N–H and O–H groups in total. The van der Waals surface area contributed by atoms with Crippen molar-refractivity contribution in [3.05, 3.63) is 35.4 Å². The molecule has 2 heterocycles. The Balaban J connectivity index is 1.64. The van der Waals surface area contributed by atoms with Gasteiger partial charge < -0.3 is 14.8 Å². The lowest BCUT2D eigenvalue weighted by atomic mass is 9.98. The number of benzene rings is 1. The van der Waals surface area contributed by atoms with Crippen molar-refractivity contribution in [3.8, 4) is 0 Å². The van der Waals surface area contributed by atoms with Gasteiger partial charge in [0.1, 0.15) is 0 Å². The lowest BCUT2D eigenvalue weighted by Gasteiger charge is -2.27. The molecule has 0 aliphatic carbocycles. The zero-order valence-electron chi connectivity index (χ0n) is 10.0. The van der Waals surface area contributed by atoms with Gasteiger partial charge in [0.15, 0.2) is 0 Å². The molecule has 0 spiro atoms. The smallest absolute Gasteiger partial charge is 0.0721 e. The molecule has 1 aromatic carbocycles. The molecule has 17 heavy (non-hydrogen) atoms. The Hall–Kier alpha value is -0.900. The van der Waals surface area contributed by atoms with E-state index < -0.39 is 0 Å². The predicted molar refractivity (Wildman–Crippen MR) is 65.8 cm³/mol. The fourth-order valence-electron chi connectivity index (χ4n) is 2.60. The van der Waals surface area contributed by atoms with E-state index in [1.54, 1.807) is 0 Å². The number of hydrogen-bond acceptors (Lipinski definition) is 3. The van der Waals surface area contributed by atoms with Gasteiger partial charge in [0, 0.05) is 13.2 Å². The highest BCUT2D eigenvalue weighted by Gasteiger charge is 2.22. The van der Waals surface area contributed by atoms with Crippen molar-refractivity contribution in [1.29, 1.82) is 0 Å². The van der Waals surface area contributed by atoms with Gasteiger partial charge in [-0.25, -0.2) is 0 Å². The van der Waals surface area contributed by atoms with Crippen LogP contribution in [0.5, 0.6) is 0 Å². The van der Waals surface area contributed by atoms with Gasteiger partial charge in [-0.2, -0.15) is 0 Å². The maximum Gasteiger partial charge on any atom is 0.0721 e. The van der Waals surface area contributed by atoms with Crippen LogP contribution in [0, 0.1) is 5.92 Å². The molecule has 3 rings (SSSR count). The molecule has 2 aliphatic heterocycles. The van der Waals surface area contributed by atoms with Crippen molar-refractivity contribution in [1.82, 2.24) is 5.32 Å². The fraction of sp³-hybridized carbons (Fsp3) is 0.571. The summed E-state index contributed by atoms with van der Waals surface area (Å²) in [4.78, 5) is 0. The minimum Gasteiger partial charge on any atom is -0.381 e. The lowest BCUT2D eigenvalue weighted by Crippen LogP contribution is -2.33. The minimum atomic E-state index is 0.348. The standard InChI is InChI=1S/C14H19NO2/c1-2-4-13-12(3-1)9-17-10-14(13)15-7-11-5-6-16-8-11/h1-4,11,14-15H,5-10H2. The summed E-state index contributed by atoms with van der Waals surface area (Å²) in [5, 5.41) is 3.61. The van der Waals surface area contributed by atoms with E-state index in [9.17, 15) is 0 Å². The van der Waals surface area contributed by atoms with Crippen molar-refractivity contribution in [3.63, 3.8) is 0 Å². The predicted octanol–water partition coefficient (Wildman–Crippen LogP) is 1.88. The molecule has 2 atom stereocenters. The Morgan fingerprint density at radius 2 is 2.12 bits per heavy atom. The quantitative estimate of drug-likeness (QED) is 0.864. The molecule has 92 valence electrons. The summed E-state index contributed by atoms with van der Waals surface area (Å²) in [6.45, 7) is 4.39.